The van der Waals surface area contributed by atoms with Gasteiger partial charge in [-0.3, -0.25) is 14.4 Å². The summed E-state index contributed by atoms with van der Waals surface area (Å²) in [5.41, 5.74) is 3.75. The van der Waals surface area contributed by atoms with Gasteiger partial charge in [0.1, 0.15) is 5.92 Å². The van der Waals surface area contributed by atoms with E-state index in [1.165, 1.54) is 6.08 Å². The lowest BCUT2D eigenvalue weighted by molar-refractivity contribution is -0.131. The number of allylic oxidation sites excluding steroid dienone is 1. The normalized spacial score (nSPS) is 20.0. The summed E-state index contributed by atoms with van der Waals surface area (Å²) < 4.78 is 0. The van der Waals surface area contributed by atoms with Crippen molar-refractivity contribution in [2.24, 2.45) is 11.8 Å². The zero-order valence-electron chi connectivity index (χ0n) is 18.6. The maximum Gasteiger partial charge on any atom is 0.235 e. The van der Waals surface area contributed by atoms with Gasteiger partial charge in [0, 0.05) is 17.3 Å². The van der Waals surface area contributed by atoms with Crippen LogP contribution in [0.4, 0.5) is 11.4 Å². The Balaban J connectivity index is 1.74. The standard InChI is InChI=1S/C28H26N2O3/c1-18-13-15-20(16-14-18)25-24(27(32)29-21-9-5-3-6-10-21)19(2)17-23(31)26(25)28(33)30-22-11-7-4-8-12-22/h3-17,24-26H,1-2H3,(H,29,32)(H,30,33)/t24-,25+,26+/m1/s1. The van der Waals surface area contributed by atoms with E-state index in [0.29, 0.717) is 16.9 Å². The van der Waals surface area contributed by atoms with Gasteiger partial charge < -0.3 is 10.6 Å². The minimum atomic E-state index is -1.02. The lowest BCUT2D eigenvalue weighted by Gasteiger charge is -2.35. The molecule has 0 aromatic heterocycles. The van der Waals surface area contributed by atoms with E-state index in [1.807, 2.05) is 79.7 Å². The number of anilines is 2. The van der Waals surface area contributed by atoms with Crippen molar-refractivity contribution in [3.05, 3.63) is 108 Å². The summed E-state index contributed by atoms with van der Waals surface area (Å²) in [5, 5.41) is 5.81. The topological polar surface area (TPSA) is 75.3 Å². The van der Waals surface area contributed by atoms with Crippen LogP contribution in [0.5, 0.6) is 0 Å². The van der Waals surface area contributed by atoms with Crippen LogP contribution >= 0.6 is 0 Å². The number of nitrogens with one attached hydrogen (secondary N) is 2. The van der Waals surface area contributed by atoms with E-state index >= 15 is 0 Å². The van der Waals surface area contributed by atoms with Crippen molar-refractivity contribution in [2.45, 2.75) is 19.8 Å². The van der Waals surface area contributed by atoms with Crippen molar-refractivity contribution in [1.82, 2.24) is 0 Å². The van der Waals surface area contributed by atoms with Gasteiger partial charge >= 0.3 is 0 Å². The SMILES string of the molecule is CC1=CC(=O)[C@H](C(=O)Nc2ccccc2)[C@@H](c2ccc(C)cc2)[C@@H]1C(=O)Nc1ccccc1. The first-order chi connectivity index (χ1) is 15.9. The van der Waals surface area contributed by atoms with Gasteiger partial charge in [-0.05, 0) is 49.8 Å². The van der Waals surface area contributed by atoms with E-state index in [-0.39, 0.29) is 11.7 Å². The first-order valence-electron chi connectivity index (χ1n) is 10.9. The fourth-order valence-corrected chi connectivity index (χ4v) is 4.38. The first-order valence-corrected chi connectivity index (χ1v) is 10.9. The third kappa shape index (κ3) is 4.93. The van der Waals surface area contributed by atoms with Crippen LogP contribution in [-0.4, -0.2) is 17.6 Å². The number of carbonyl (C=O) groups excluding carboxylic acids is 3. The average Bonchev–Trinajstić information content (AvgIpc) is 2.80. The molecule has 3 atom stereocenters. The Morgan fingerprint density at radius 2 is 1.15 bits per heavy atom. The van der Waals surface area contributed by atoms with Gasteiger partial charge in [0.05, 0.1) is 5.92 Å². The second-order valence-corrected chi connectivity index (χ2v) is 8.39. The Bertz CT molecular complexity index is 1180. The van der Waals surface area contributed by atoms with E-state index < -0.39 is 23.7 Å². The molecule has 1 aliphatic rings. The highest BCUT2D eigenvalue weighted by atomic mass is 16.2. The number of hydrogen-bond acceptors (Lipinski definition) is 3. The number of hydrogen-bond donors (Lipinski definition) is 2. The zero-order chi connectivity index (χ0) is 23.4. The van der Waals surface area contributed by atoms with Crippen molar-refractivity contribution in [2.75, 3.05) is 10.6 Å². The number of para-hydroxylation sites is 2. The highest BCUT2D eigenvalue weighted by Gasteiger charge is 2.46. The quantitative estimate of drug-likeness (QED) is 0.543. The molecule has 5 heteroatoms. The Morgan fingerprint density at radius 1 is 0.667 bits per heavy atom. The predicted octanol–water partition coefficient (Wildman–Crippen LogP) is 5.12. The summed E-state index contributed by atoms with van der Waals surface area (Å²) in [6.45, 7) is 3.75. The zero-order valence-corrected chi connectivity index (χ0v) is 18.6. The van der Waals surface area contributed by atoms with Crippen LogP contribution in [0, 0.1) is 18.8 Å². The molecule has 0 radical (unpaired) electrons. The molecule has 0 aliphatic heterocycles. The molecular formula is C28H26N2O3. The highest BCUT2D eigenvalue weighted by molar-refractivity contribution is 6.14. The highest BCUT2D eigenvalue weighted by Crippen LogP contribution is 2.42. The molecule has 3 aromatic carbocycles. The van der Waals surface area contributed by atoms with Gasteiger partial charge in [-0.15, -0.1) is 0 Å². The van der Waals surface area contributed by atoms with E-state index in [2.05, 4.69) is 10.6 Å². The number of amides is 2. The molecule has 0 heterocycles. The lowest BCUT2D eigenvalue weighted by atomic mass is 9.67. The Kier molecular flexibility index (Phi) is 6.50. The van der Waals surface area contributed by atoms with E-state index in [4.69, 9.17) is 0 Å². The molecule has 33 heavy (non-hydrogen) atoms. The second kappa shape index (κ2) is 9.65. The number of carbonyl (C=O) groups is 3. The molecule has 0 spiro atoms. The summed E-state index contributed by atoms with van der Waals surface area (Å²) in [6, 6.07) is 25.9. The number of aryl methyl sites for hydroxylation is 1. The number of ketones is 1. The van der Waals surface area contributed by atoms with Crippen LogP contribution < -0.4 is 10.6 Å². The monoisotopic (exact) mass is 438 g/mol. The third-order valence-electron chi connectivity index (χ3n) is 6.00. The summed E-state index contributed by atoms with van der Waals surface area (Å²) in [7, 11) is 0. The van der Waals surface area contributed by atoms with Crippen LogP contribution in [-0.2, 0) is 14.4 Å². The summed E-state index contributed by atoms with van der Waals surface area (Å²) in [4.78, 5) is 40.0. The van der Waals surface area contributed by atoms with Crippen LogP contribution in [0.15, 0.2) is 96.6 Å². The van der Waals surface area contributed by atoms with Crippen LogP contribution in [0.25, 0.3) is 0 Å². The Hall–Kier alpha value is -3.99. The van der Waals surface area contributed by atoms with E-state index in [9.17, 15) is 14.4 Å². The molecule has 5 nitrogen and oxygen atoms in total. The molecule has 0 saturated heterocycles. The average molecular weight is 439 g/mol. The van der Waals surface area contributed by atoms with Crippen LogP contribution in [0.1, 0.15) is 24.0 Å². The van der Waals surface area contributed by atoms with Crippen molar-refractivity contribution >= 4 is 29.0 Å². The van der Waals surface area contributed by atoms with Crippen molar-refractivity contribution in [3.63, 3.8) is 0 Å². The Labute approximate surface area is 193 Å². The maximum atomic E-state index is 13.5. The molecule has 166 valence electrons. The number of benzene rings is 3. The largest absolute Gasteiger partial charge is 0.326 e. The van der Waals surface area contributed by atoms with Gasteiger partial charge in [-0.1, -0.05) is 71.8 Å². The minimum Gasteiger partial charge on any atom is -0.326 e. The molecule has 0 unspecified atom stereocenters. The molecule has 0 fully saturated rings. The van der Waals surface area contributed by atoms with Crippen molar-refractivity contribution in [3.8, 4) is 0 Å². The van der Waals surface area contributed by atoms with Gasteiger partial charge in [0.15, 0.2) is 5.78 Å². The molecule has 1 aliphatic carbocycles. The first kappa shape index (κ1) is 22.2. The fraction of sp³-hybridized carbons (Fsp3) is 0.179. The third-order valence-corrected chi connectivity index (χ3v) is 6.00. The molecular weight excluding hydrogens is 412 g/mol. The van der Waals surface area contributed by atoms with Crippen molar-refractivity contribution in [1.29, 1.82) is 0 Å². The van der Waals surface area contributed by atoms with Gasteiger partial charge in [0.2, 0.25) is 11.8 Å². The molecule has 0 bridgehead atoms. The molecule has 0 saturated carbocycles. The summed E-state index contributed by atoms with van der Waals surface area (Å²) in [5.74, 6) is -3.28. The second-order valence-electron chi connectivity index (χ2n) is 8.39. The van der Waals surface area contributed by atoms with E-state index in [1.54, 1.807) is 19.1 Å². The van der Waals surface area contributed by atoms with E-state index in [0.717, 1.165) is 11.1 Å². The lowest BCUT2D eigenvalue weighted by Crippen LogP contribution is -2.44. The molecule has 2 amide bonds. The predicted molar refractivity (Wildman–Crippen MR) is 130 cm³/mol. The Morgan fingerprint density at radius 3 is 1.67 bits per heavy atom. The maximum absolute atomic E-state index is 13.5. The minimum absolute atomic E-state index is 0.245. The summed E-state index contributed by atoms with van der Waals surface area (Å²) >= 11 is 0. The smallest absolute Gasteiger partial charge is 0.235 e. The van der Waals surface area contributed by atoms with Crippen molar-refractivity contribution < 1.29 is 14.4 Å². The van der Waals surface area contributed by atoms with Gasteiger partial charge in [0.25, 0.3) is 0 Å². The molecule has 3 aromatic rings. The molecule has 4 rings (SSSR count). The van der Waals surface area contributed by atoms with Crippen LogP contribution in [0.2, 0.25) is 0 Å². The van der Waals surface area contributed by atoms with Crippen LogP contribution in [0.3, 0.4) is 0 Å². The van der Waals surface area contributed by atoms with Gasteiger partial charge in [-0.2, -0.15) is 0 Å². The fourth-order valence-electron chi connectivity index (χ4n) is 4.38. The van der Waals surface area contributed by atoms with Gasteiger partial charge in [-0.25, -0.2) is 0 Å². The molecule has 2 N–H and O–H groups in total. The number of rotatable bonds is 5. The summed E-state index contributed by atoms with van der Waals surface area (Å²) in [6.07, 6.45) is 1.44.